The molecule has 1 unspecified atom stereocenters. The Morgan fingerprint density at radius 2 is 2.00 bits per heavy atom. The fourth-order valence-electron chi connectivity index (χ4n) is 3.65. The molecule has 2 N–H and O–H groups in total. The summed E-state index contributed by atoms with van der Waals surface area (Å²) in [5.41, 5.74) is 0.683. The highest BCUT2D eigenvalue weighted by atomic mass is 16.3. The summed E-state index contributed by atoms with van der Waals surface area (Å²) in [5, 5.41) is 9.31. The zero-order valence-corrected chi connectivity index (χ0v) is 11.6. The van der Waals surface area contributed by atoms with Crippen molar-refractivity contribution >= 4 is 5.91 Å². The maximum atomic E-state index is 12.6. The highest BCUT2D eigenvalue weighted by Gasteiger charge is 2.43. The standard InChI is InChI=1S/C15H20N2O3/c1-9-2-5-13(14(19)16-9)15(20)17-11-3-4-12(17)7-10(6-11)8-18/h2,5,10-12,18H,3-4,6-8H2,1H3,(H,16,19)/t10?,11-,12+. The quantitative estimate of drug-likeness (QED) is 0.848. The van der Waals surface area contributed by atoms with Crippen LogP contribution in [0.25, 0.3) is 0 Å². The minimum atomic E-state index is -0.307. The number of nitrogens with one attached hydrogen (secondary N) is 1. The third-order valence-electron chi connectivity index (χ3n) is 4.61. The molecule has 2 fully saturated rings. The van der Waals surface area contributed by atoms with Gasteiger partial charge in [-0.25, -0.2) is 0 Å². The van der Waals surface area contributed by atoms with Crippen molar-refractivity contribution in [2.75, 3.05) is 6.61 Å². The van der Waals surface area contributed by atoms with Crippen LogP contribution in [0.3, 0.4) is 0 Å². The zero-order valence-electron chi connectivity index (χ0n) is 11.6. The van der Waals surface area contributed by atoms with Crippen molar-refractivity contribution in [3.8, 4) is 0 Å². The largest absolute Gasteiger partial charge is 0.396 e. The van der Waals surface area contributed by atoms with Gasteiger partial charge in [0, 0.05) is 24.4 Å². The molecule has 2 bridgehead atoms. The molecule has 3 atom stereocenters. The molecular formula is C15H20N2O3. The number of pyridine rings is 1. The van der Waals surface area contributed by atoms with Crippen molar-refractivity contribution in [2.45, 2.75) is 44.7 Å². The summed E-state index contributed by atoms with van der Waals surface area (Å²) in [6.07, 6.45) is 3.67. The minimum Gasteiger partial charge on any atom is -0.396 e. The van der Waals surface area contributed by atoms with Gasteiger partial charge in [-0.15, -0.1) is 0 Å². The van der Waals surface area contributed by atoms with Crippen LogP contribution in [0.15, 0.2) is 16.9 Å². The lowest BCUT2D eigenvalue weighted by molar-refractivity contribution is 0.0451. The number of H-pyrrole nitrogens is 1. The average Bonchev–Trinajstić information content (AvgIpc) is 2.68. The van der Waals surface area contributed by atoms with Crippen molar-refractivity contribution in [3.05, 3.63) is 33.7 Å². The Morgan fingerprint density at radius 3 is 2.55 bits per heavy atom. The Morgan fingerprint density at radius 1 is 1.35 bits per heavy atom. The van der Waals surface area contributed by atoms with E-state index in [-0.39, 0.29) is 35.7 Å². The van der Waals surface area contributed by atoms with E-state index in [0.717, 1.165) is 31.4 Å². The van der Waals surface area contributed by atoms with Gasteiger partial charge in [0.25, 0.3) is 11.5 Å². The Labute approximate surface area is 117 Å². The van der Waals surface area contributed by atoms with Gasteiger partial charge >= 0.3 is 0 Å². The number of amides is 1. The normalized spacial score (nSPS) is 28.7. The second kappa shape index (κ2) is 5.05. The first-order valence-electron chi connectivity index (χ1n) is 7.23. The molecule has 3 heterocycles. The molecule has 1 amide bonds. The molecule has 0 radical (unpaired) electrons. The first kappa shape index (κ1) is 13.4. The van der Waals surface area contributed by atoms with Gasteiger partial charge in [-0.05, 0) is 50.7 Å². The number of carbonyl (C=O) groups excluding carboxylic acids is 1. The molecule has 1 aromatic rings. The molecule has 108 valence electrons. The van der Waals surface area contributed by atoms with Crippen molar-refractivity contribution in [1.29, 1.82) is 0 Å². The number of aryl methyl sites for hydroxylation is 1. The van der Waals surface area contributed by atoms with Crippen LogP contribution in [-0.4, -0.2) is 39.6 Å². The Kier molecular flexibility index (Phi) is 3.38. The van der Waals surface area contributed by atoms with Gasteiger partial charge in [0.05, 0.1) is 0 Å². The Bertz CT molecular complexity index is 567. The second-order valence-electron chi connectivity index (χ2n) is 6.00. The van der Waals surface area contributed by atoms with E-state index in [0.29, 0.717) is 5.92 Å². The molecule has 1 aromatic heterocycles. The maximum absolute atomic E-state index is 12.6. The van der Waals surface area contributed by atoms with Crippen LogP contribution in [0.1, 0.15) is 41.7 Å². The molecule has 0 aromatic carbocycles. The van der Waals surface area contributed by atoms with Crippen LogP contribution in [0.5, 0.6) is 0 Å². The number of fused-ring (bicyclic) bond motifs is 2. The lowest BCUT2D eigenvalue weighted by atomic mass is 9.91. The average molecular weight is 276 g/mol. The highest BCUT2D eigenvalue weighted by Crippen LogP contribution is 2.39. The van der Waals surface area contributed by atoms with Crippen molar-refractivity contribution < 1.29 is 9.90 Å². The van der Waals surface area contributed by atoms with Gasteiger partial charge in [0.15, 0.2) is 0 Å². The van der Waals surface area contributed by atoms with E-state index in [1.54, 1.807) is 19.1 Å². The Balaban J connectivity index is 1.87. The van der Waals surface area contributed by atoms with Crippen molar-refractivity contribution in [2.24, 2.45) is 5.92 Å². The summed E-state index contributed by atoms with van der Waals surface area (Å²) in [6.45, 7) is 1.99. The highest BCUT2D eigenvalue weighted by molar-refractivity contribution is 5.94. The predicted molar refractivity (Wildman–Crippen MR) is 74.6 cm³/mol. The van der Waals surface area contributed by atoms with Crippen LogP contribution in [-0.2, 0) is 0 Å². The molecule has 5 heteroatoms. The molecule has 2 aliphatic rings. The predicted octanol–water partition coefficient (Wildman–Crippen LogP) is 1.06. The van der Waals surface area contributed by atoms with E-state index in [2.05, 4.69) is 4.98 Å². The van der Waals surface area contributed by atoms with Gasteiger partial charge in [0.2, 0.25) is 0 Å². The lowest BCUT2D eigenvalue weighted by Gasteiger charge is -2.38. The summed E-state index contributed by atoms with van der Waals surface area (Å²) in [7, 11) is 0. The van der Waals surface area contributed by atoms with Gasteiger partial charge < -0.3 is 15.0 Å². The van der Waals surface area contributed by atoms with Crippen molar-refractivity contribution in [1.82, 2.24) is 9.88 Å². The van der Waals surface area contributed by atoms with E-state index < -0.39 is 0 Å². The van der Waals surface area contributed by atoms with Crippen LogP contribution < -0.4 is 5.56 Å². The van der Waals surface area contributed by atoms with E-state index in [1.165, 1.54) is 0 Å². The van der Waals surface area contributed by atoms with E-state index in [4.69, 9.17) is 0 Å². The molecule has 2 aliphatic heterocycles. The van der Waals surface area contributed by atoms with E-state index in [1.807, 2.05) is 4.90 Å². The molecule has 5 nitrogen and oxygen atoms in total. The number of piperidine rings is 1. The summed E-state index contributed by atoms with van der Waals surface area (Å²) in [5.74, 6) is 0.142. The van der Waals surface area contributed by atoms with Gasteiger partial charge in [0.1, 0.15) is 5.56 Å². The smallest absolute Gasteiger partial charge is 0.260 e. The molecule has 0 spiro atoms. The van der Waals surface area contributed by atoms with Gasteiger partial charge in [-0.2, -0.15) is 0 Å². The number of nitrogens with zero attached hydrogens (tertiary/aromatic N) is 1. The fraction of sp³-hybridized carbons (Fsp3) is 0.600. The number of aromatic nitrogens is 1. The SMILES string of the molecule is Cc1ccc(C(=O)N2[C@@H]3CC[C@H]2CC(CO)C3)c(=O)[nH]1. The maximum Gasteiger partial charge on any atom is 0.260 e. The molecule has 20 heavy (non-hydrogen) atoms. The molecule has 3 rings (SSSR count). The second-order valence-corrected chi connectivity index (χ2v) is 6.00. The minimum absolute atomic E-state index is 0.157. The Hall–Kier alpha value is -1.62. The van der Waals surface area contributed by atoms with Gasteiger partial charge in [-0.1, -0.05) is 0 Å². The fourth-order valence-corrected chi connectivity index (χ4v) is 3.65. The molecular weight excluding hydrogens is 256 g/mol. The number of hydrogen-bond donors (Lipinski definition) is 2. The zero-order chi connectivity index (χ0) is 14.3. The topological polar surface area (TPSA) is 73.4 Å². The van der Waals surface area contributed by atoms with Gasteiger partial charge in [-0.3, -0.25) is 9.59 Å². The number of aromatic amines is 1. The molecule has 0 aliphatic carbocycles. The summed E-state index contributed by atoms with van der Waals surface area (Å²) in [6, 6.07) is 3.74. The van der Waals surface area contributed by atoms with Crippen LogP contribution in [0.2, 0.25) is 0 Å². The summed E-state index contributed by atoms with van der Waals surface area (Å²) < 4.78 is 0. The monoisotopic (exact) mass is 276 g/mol. The third-order valence-corrected chi connectivity index (χ3v) is 4.61. The van der Waals surface area contributed by atoms with Crippen LogP contribution >= 0.6 is 0 Å². The first-order chi connectivity index (χ1) is 9.60. The number of aliphatic hydroxyl groups is 1. The number of carbonyl (C=O) groups is 1. The number of hydrogen-bond acceptors (Lipinski definition) is 3. The first-order valence-corrected chi connectivity index (χ1v) is 7.23. The molecule has 2 saturated heterocycles. The summed E-state index contributed by atoms with van der Waals surface area (Å²) >= 11 is 0. The van der Waals surface area contributed by atoms with E-state index in [9.17, 15) is 14.7 Å². The lowest BCUT2D eigenvalue weighted by Crippen LogP contribution is -2.48. The number of aliphatic hydroxyl groups excluding tert-OH is 1. The number of rotatable bonds is 2. The van der Waals surface area contributed by atoms with E-state index >= 15 is 0 Å². The van der Waals surface area contributed by atoms with Crippen LogP contribution in [0.4, 0.5) is 0 Å². The van der Waals surface area contributed by atoms with Crippen molar-refractivity contribution in [3.63, 3.8) is 0 Å². The van der Waals surface area contributed by atoms with Crippen LogP contribution in [0, 0.1) is 12.8 Å². The summed E-state index contributed by atoms with van der Waals surface area (Å²) in [4.78, 5) is 29.1. The molecule has 0 saturated carbocycles. The third kappa shape index (κ3) is 2.16.